The van der Waals surface area contributed by atoms with E-state index in [2.05, 4.69) is 4.98 Å². The summed E-state index contributed by atoms with van der Waals surface area (Å²) in [4.78, 5) is 15.5. The molecule has 25 heavy (non-hydrogen) atoms. The Morgan fingerprint density at radius 3 is 2.68 bits per heavy atom. The lowest BCUT2D eigenvalue weighted by molar-refractivity contribution is -0.153. The first kappa shape index (κ1) is 19.6. The molecule has 1 N–H and O–H groups in total. The van der Waals surface area contributed by atoms with E-state index in [1.165, 1.54) is 12.1 Å². The number of aromatic nitrogens is 1. The van der Waals surface area contributed by atoms with Gasteiger partial charge in [-0.05, 0) is 55.5 Å². The van der Waals surface area contributed by atoms with Crippen LogP contribution in [0.4, 0.5) is 4.39 Å². The monoisotopic (exact) mass is 385 g/mol. The predicted molar refractivity (Wildman–Crippen MR) is 95.3 cm³/mol. The van der Waals surface area contributed by atoms with Crippen LogP contribution >= 0.6 is 23.2 Å². The number of carbonyl (C=O) groups excluding carboxylic acids is 1. The standard InChI is InChI=1S/C18H18Cl2FNO3/c1-3-25-18(24)15(23)7-6-12-13(9-16(19)22-17(12)20)11-5-4-10(2)8-14(11)21/h4-5,8-9,15,23H,3,6-7H2,1-2H3. The molecule has 0 bridgehead atoms. The summed E-state index contributed by atoms with van der Waals surface area (Å²) in [6.45, 7) is 3.62. The maximum Gasteiger partial charge on any atom is 0.334 e. The van der Waals surface area contributed by atoms with Gasteiger partial charge in [0.15, 0.2) is 6.10 Å². The van der Waals surface area contributed by atoms with Gasteiger partial charge in [-0.1, -0.05) is 35.3 Å². The molecular weight excluding hydrogens is 368 g/mol. The van der Waals surface area contributed by atoms with Crippen molar-refractivity contribution in [3.63, 3.8) is 0 Å². The molecule has 0 aliphatic rings. The maximum absolute atomic E-state index is 14.4. The van der Waals surface area contributed by atoms with Gasteiger partial charge >= 0.3 is 5.97 Å². The summed E-state index contributed by atoms with van der Waals surface area (Å²) in [5, 5.41) is 10.1. The van der Waals surface area contributed by atoms with E-state index in [1.54, 1.807) is 26.0 Å². The highest BCUT2D eigenvalue weighted by atomic mass is 35.5. The number of esters is 1. The molecule has 1 atom stereocenters. The van der Waals surface area contributed by atoms with Gasteiger partial charge in [0.1, 0.15) is 16.1 Å². The van der Waals surface area contributed by atoms with Gasteiger partial charge in [0, 0.05) is 5.56 Å². The smallest absolute Gasteiger partial charge is 0.334 e. The number of halogens is 3. The molecule has 1 unspecified atom stereocenters. The topological polar surface area (TPSA) is 59.4 Å². The van der Waals surface area contributed by atoms with E-state index in [0.717, 1.165) is 5.56 Å². The van der Waals surface area contributed by atoms with Gasteiger partial charge in [0.2, 0.25) is 0 Å². The Hall–Kier alpha value is -1.69. The van der Waals surface area contributed by atoms with Crippen molar-refractivity contribution in [3.8, 4) is 11.1 Å². The highest BCUT2D eigenvalue weighted by molar-refractivity contribution is 6.33. The summed E-state index contributed by atoms with van der Waals surface area (Å²) in [6, 6.07) is 6.35. The Labute approximate surface area is 155 Å². The van der Waals surface area contributed by atoms with Crippen LogP contribution in [-0.4, -0.2) is 28.8 Å². The van der Waals surface area contributed by atoms with E-state index < -0.39 is 17.9 Å². The van der Waals surface area contributed by atoms with Gasteiger partial charge in [0.05, 0.1) is 6.61 Å². The number of aliphatic hydroxyl groups excluding tert-OH is 1. The first-order valence-electron chi connectivity index (χ1n) is 7.79. The molecule has 0 aliphatic heterocycles. The zero-order valence-corrected chi connectivity index (χ0v) is 15.4. The molecule has 0 amide bonds. The minimum absolute atomic E-state index is 0.0718. The molecule has 4 nitrogen and oxygen atoms in total. The van der Waals surface area contributed by atoms with Crippen LogP contribution in [0.5, 0.6) is 0 Å². The third-order valence-electron chi connectivity index (χ3n) is 3.68. The first-order valence-corrected chi connectivity index (χ1v) is 8.55. The Kier molecular flexibility index (Phi) is 6.76. The number of aliphatic hydroxyl groups is 1. The maximum atomic E-state index is 14.4. The number of hydrogen-bond acceptors (Lipinski definition) is 4. The van der Waals surface area contributed by atoms with Crippen molar-refractivity contribution in [1.29, 1.82) is 0 Å². The second kappa shape index (κ2) is 8.61. The van der Waals surface area contributed by atoms with Gasteiger partial charge in [0.25, 0.3) is 0 Å². The molecule has 1 aromatic carbocycles. The highest BCUT2D eigenvalue weighted by Gasteiger charge is 2.20. The van der Waals surface area contributed by atoms with Crippen LogP contribution in [-0.2, 0) is 16.0 Å². The minimum Gasteiger partial charge on any atom is -0.464 e. The van der Waals surface area contributed by atoms with Gasteiger partial charge in [-0.3, -0.25) is 0 Å². The molecule has 7 heteroatoms. The highest BCUT2D eigenvalue weighted by Crippen LogP contribution is 2.33. The van der Waals surface area contributed by atoms with Crippen molar-refractivity contribution in [2.45, 2.75) is 32.8 Å². The van der Waals surface area contributed by atoms with E-state index in [4.69, 9.17) is 27.9 Å². The summed E-state index contributed by atoms with van der Waals surface area (Å²) >= 11 is 12.1. The number of pyridine rings is 1. The number of benzene rings is 1. The Morgan fingerprint density at radius 1 is 1.32 bits per heavy atom. The average Bonchev–Trinajstić information content (AvgIpc) is 2.53. The van der Waals surface area contributed by atoms with Crippen LogP contribution in [0, 0.1) is 12.7 Å². The Bertz CT molecular complexity index is 783. The lowest BCUT2D eigenvalue weighted by atomic mass is 9.96. The SMILES string of the molecule is CCOC(=O)C(O)CCc1c(-c2ccc(C)cc2F)cc(Cl)nc1Cl. The van der Waals surface area contributed by atoms with E-state index in [1.807, 2.05) is 0 Å². The normalized spacial score (nSPS) is 12.1. The van der Waals surface area contributed by atoms with E-state index in [9.17, 15) is 14.3 Å². The average molecular weight is 386 g/mol. The van der Waals surface area contributed by atoms with Crippen LogP contribution in [0.3, 0.4) is 0 Å². The van der Waals surface area contributed by atoms with Crippen molar-refractivity contribution < 1.29 is 19.0 Å². The van der Waals surface area contributed by atoms with Crippen molar-refractivity contribution >= 4 is 29.2 Å². The third kappa shape index (κ3) is 4.91. The second-order valence-corrected chi connectivity index (χ2v) is 6.30. The summed E-state index contributed by atoms with van der Waals surface area (Å²) < 4.78 is 19.1. The number of aryl methyl sites for hydroxylation is 1. The van der Waals surface area contributed by atoms with Gasteiger partial charge in [-0.2, -0.15) is 0 Å². The van der Waals surface area contributed by atoms with Gasteiger partial charge in [-0.15, -0.1) is 0 Å². The molecule has 134 valence electrons. The predicted octanol–water partition coefficient (Wildman–Crippen LogP) is 4.36. The van der Waals surface area contributed by atoms with E-state index in [0.29, 0.717) is 16.7 Å². The number of hydrogen-bond donors (Lipinski definition) is 1. The fourth-order valence-electron chi connectivity index (χ4n) is 2.46. The molecule has 1 heterocycles. The fraction of sp³-hybridized carbons (Fsp3) is 0.333. The minimum atomic E-state index is -1.29. The van der Waals surface area contributed by atoms with Crippen LogP contribution in [0.15, 0.2) is 24.3 Å². The molecule has 2 aromatic rings. The summed E-state index contributed by atoms with van der Waals surface area (Å²) in [5.41, 5.74) is 2.11. The van der Waals surface area contributed by atoms with Gasteiger partial charge in [-0.25, -0.2) is 14.2 Å². The zero-order chi connectivity index (χ0) is 18.6. The lowest BCUT2D eigenvalue weighted by Crippen LogP contribution is -2.23. The summed E-state index contributed by atoms with van der Waals surface area (Å²) in [6.07, 6.45) is -1.00. The molecule has 0 saturated carbocycles. The molecule has 0 radical (unpaired) electrons. The Morgan fingerprint density at radius 2 is 2.04 bits per heavy atom. The number of ether oxygens (including phenoxy) is 1. The molecule has 0 spiro atoms. The quantitative estimate of drug-likeness (QED) is 0.592. The molecule has 2 rings (SSSR count). The van der Waals surface area contributed by atoms with E-state index in [-0.39, 0.29) is 29.8 Å². The summed E-state index contributed by atoms with van der Waals surface area (Å²) in [5.74, 6) is -1.12. The third-order valence-corrected chi connectivity index (χ3v) is 4.19. The molecule has 0 aliphatic carbocycles. The van der Waals surface area contributed by atoms with Crippen molar-refractivity contribution in [3.05, 3.63) is 51.5 Å². The number of rotatable bonds is 6. The molecule has 0 saturated heterocycles. The zero-order valence-electron chi connectivity index (χ0n) is 13.9. The van der Waals surface area contributed by atoms with Crippen molar-refractivity contribution in [2.24, 2.45) is 0 Å². The fourth-order valence-corrected chi connectivity index (χ4v) is 2.99. The van der Waals surface area contributed by atoms with Gasteiger partial charge < -0.3 is 9.84 Å². The molecule has 1 aromatic heterocycles. The second-order valence-electron chi connectivity index (χ2n) is 5.55. The van der Waals surface area contributed by atoms with E-state index >= 15 is 0 Å². The lowest BCUT2D eigenvalue weighted by Gasteiger charge is -2.15. The van der Waals surface area contributed by atoms with Crippen LogP contribution in [0.2, 0.25) is 10.3 Å². The molecule has 0 fully saturated rings. The largest absolute Gasteiger partial charge is 0.464 e. The van der Waals surface area contributed by atoms with Crippen LogP contribution in [0.25, 0.3) is 11.1 Å². The Balaban J connectivity index is 2.36. The van der Waals surface area contributed by atoms with Crippen LogP contribution < -0.4 is 0 Å². The number of nitrogens with zero attached hydrogens (tertiary/aromatic N) is 1. The van der Waals surface area contributed by atoms with Crippen molar-refractivity contribution in [2.75, 3.05) is 6.61 Å². The van der Waals surface area contributed by atoms with Crippen LogP contribution in [0.1, 0.15) is 24.5 Å². The first-order chi connectivity index (χ1) is 11.8. The molecular formula is C18H18Cl2FNO3. The summed E-state index contributed by atoms with van der Waals surface area (Å²) in [7, 11) is 0. The van der Waals surface area contributed by atoms with Crippen molar-refractivity contribution in [1.82, 2.24) is 4.98 Å². The number of carbonyl (C=O) groups is 1.